The van der Waals surface area contributed by atoms with Crippen molar-refractivity contribution in [3.63, 3.8) is 0 Å². The van der Waals surface area contributed by atoms with E-state index in [9.17, 15) is 0 Å². The van der Waals surface area contributed by atoms with Gasteiger partial charge in [-0.15, -0.1) is 0 Å². The molecule has 0 atom stereocenters. The Morgan fingerprint density at radius 2 is 2.00 bits per heavy atom. The van der Waals surface area contributed by atoms with Crippen LogP contribution < -0.4 is 5.43 Å². The van der Waals surface area contributed by atoms with Crippen molar-refractivity contribution in [2.24, 2.45) is 5.10 Å². The van der Waals surface area contributed by atoms with Gasteiger partial charge < -0.3 is 5.43 Å². The van der Waals surface area contributed by atoms with Crippen molar-refractivity contribution in [2.45, 2.75) is 13.8 Å². The van der Waals surface area contributed by atoms with E-state index in [1.165, 1.54) is 5.56 Å². The average molecular weight is 162 g/mol. The van der Waals surface area contributed by atoms with Crippen molar-refractivity contribution in [2.75, 3.05) is 6.54 Å². The summed E-state index contributed by atoms with van der Waals surface area (Å²) in [6, 6.07) is 10.1. The first-order valence-electron chi connectivity index (χ1n) is 4.17. The first-order valence-corrected chi connectivity index (χ1v) is 4.17. The number of nitrogens with one attached hydrogen (secondary N) is 1. The van der Waals surface area contributed by atoms with Gasteiger partial charge in [-0.25, -0.2) is 0 Å². The fourth-order valence-corrected chi connectivity index (χ4v) is 0.942. The van der Waals surface area contributed by atoms with Gasteiger partial charge in [0, 0.05) is 6.54 Å². The van der Waals surface area contributed by atoms with Crippen LogP contribution in [0, 0.1) is 0 Å². The fraction of sp³-hybridized carbons (Fsp3) is 0.300. The highest BCUT2D eigenvalue weighted by Gasteiger charge is 1.92. The van der Waals surface area contributed by atoms with Crippen molar-refractivity contribution >= 4 is 5.71 Å². The van der Waals surface area contributed by atoms with Gasteiger partial charge in [0.05, 0.1) is 5.71 Å². The number of hydrogen-bond donors (Lipinski definition) is 1. The molecule has 0 radical (unpaired) electrons. The van der Waals surface area contributed by atoms with Crippen molar-refractivity contribution in [3.8, 4) is 0 Å². The summed E-state index contributed by atoms with van der Waals surface area (Å²) in [4.78, 5) is 0. The van der Waals surface area contributed by atoms with E-state index in [-0.39, 0.29) is 0 Å². The van der Waals surface area contributed by atoms with Crippen LogP contribution in [0.15, 0.2) is 35.4 Å². The molecule has 0 unspecified atom stereocenters. The van der Waals surface area contributed by atoms with E-state index in [0.717, 1.165) is 12.3 Å². The Labute approximate surface area is 73.3 Å². The van der Waals surface area contributed by atoms with E-state index < -0.39 is 0 Å². The molecule has 0 aliphatic heterocycles. The maximum absolute atomic E-state index is 4.18. The minimum absolute atomic E-state index is 0.865. The van der Waals surface area contributed by atoms with Gasteiger partial charge in [-0.3, -0.25) is 0 Å². The van der Waals surface area contributed by atoms with Crippen LogP contribution in [0.1, 0.15) is 19.4 Å². The molecule has 2 heteroatoms. The van der Waals surface area contributed by atoms with Crippen LogP contribution in [0.4, 0.5) is 0 Å². The molecule has 0 saturated heterocycles. The van der Waals surface area contributed by atoms with Gasteiger partial charge in [0.1, 0.15) is 0 Å². The SMILES string of the molecule is CCN/N=C(\C)c1ccccc1. The molecule has 0 saturated carbocycles. The van der Waals surface area contributed by atoms with Crippen LogP contribution in [-0.4, -0.2) is 12.3 Å². The minimum atomic E-state index is 0.865. The van der Waals surface area contributed by atoms with Crippen LogP contribution >= 0.6 is 0 Å². The third kappa shape index (κ3) is 2.38. The summed E-state index contributed by atoms with van der Waals surface area (Å²) >= 11 is 0. The number of benzene rings is 1. The zero-order valence-electron chi connectivity index (χ0n) is 7.54. The summed E-state index contributed by atoms with van der Waals surface area (Å²) in [5.74, 6) is 0. The van der Waals surface area contributed by atoms with Crippen molar-refractivity contribution in [1.82, 2.24) is 5.43 Å². The van der Waals surface area contributed by atoms with Gasteiger partial charge in [0.15, 0.2) is 0 Å². The molecule has 0 amide bonds. The van der Waals surface area contributed by atoms with Crippen LogP contribution in [0.25, 0.3) is 0 Å². The second-order valence-corrected chi connectivity index (χ2v) is 2.57. The summed E-state index contributed by atoms with van der Waals surface area (Å²) in [6.07, 6.45) is 0. The van der Waals surface area contributed by atoms with Gasteiger partial charge in [-0.05, 0) is 19.4 Å². The highest BCUT2D eigenvalue weighted by Crippen LogP contribution is 1.99. The van der Waals surface area contributed by atoms with Crippen LogP contribution in [0.5, 0.6) is 0 Å². The molecule has 1 aromatic rings. The van der Waals surface area contributed by atoms with E-state index in [1.54, 1.807) is 0 Å². The Balaban J connectivity index is 2.71. The molecule has 0 aliphatic rings. The second kappa shape index (κ2) is 4.54. The first-order chi connectivity index (χ1) is 5.84. The Morgan fingerprint density at radius 3 is 2.58 bits per heavy atom. The van der Waals surface area contributed by atoms with Gasteiger partial charge >= 0.3 is 0 Å². The monoisotopic (exact) mass is 162 g/mol. The van der Waals surface area contributed by atoms with Crippen LogP contribution in [0.2, 0.25) is 0 Å². The van der Waals surface area contributed by atoms with Crippen LogP contribution in [-0.2, 0) is 0 Å². The smallest absolute Gasteiger partial charge is 0.0644 e. The second-order valence-electron chi connectivity index (χ2n) is 2.57. The number of hydrazone groups is 1. The highest BCUT2D eigenvalue weighted by atomic mass is 15.3. The zero-order chi connectivity index (χ0) is 8.81. The Kier molecular flexibility index (Phi) is 3.33. The normalized spacial score (nSPS) is 11.3. The summed E-state index contributed by atoms with van der Waals surface area (Å²) in [5, 5.41) is 4.18. The molecule has 0 heterocycles. The number of hydrogen-bond acceptors (Lipinski definition) is 2. The maximum Gasteiger partial charge on any atom is 0.0644 e. The quantitative estimate of drug-likeness (QED) is 0.533. The molecule has 1 aromatic carbocycles. The Hall–Kier alpha value is -1.31. The van der Waals surface area contributed by atoms with E-state index in [0.29, 0.717) is 0 Å². The number of nitrogens with zero attached hydrogens (tertiary/aromatic N) is 1. The summed E-state index contributed by atoms with van der Waals surface area (Å²) < 4.78 is 0. The molecule has 1 rings (SSSR count). The third-order valence-electron chi connectivity index (χ3n) is 1.60. The van der Waals surface area contributed by atoms with Crippen molar-refractivity contribution < 1.29 is 0 Å². The van der Waals surface area contributed by atoms with E-state index in [1.807, 2.05) is 32.0 Å². The Bertz CT molecular complexity index is 252. The van der Waals surface area contributed by atoms with Crippen LogP contribution in [0.3, 0.4) is 0 Å². The topological polar surface area (TPSA) is 24.4 Å². The predicted octanol–water partition coefficient (Wildman–Crippen LogP) is 2.02. The molecule has 2 nitrogen and oxygen atoms in total. The first kappa shape index (κ1) is 8.78. The molecule has 12 heavy (non-hydrogen) atoms. The Morgan fingerprint density at radius 1 is 1.33 bits per heavy atom. The molecular weight excluding hydrogens is 148 g/mol. The van der Waals surface area contributed by atoms with E-state index in [2.05, 4.69) is 22.7 Å². The lowest BCUT2D eigenvalue weighted by molar-refractivity contribution is 0.783. The van der Waals surface area contributed by atoms with Gasteiger partial charge in [0.25, 0.3) is 0 Å². The summed E-state index contributed by atoms with van der Waals surface area (Å²) in [5.41, 5.74) is 5.13. The molecule has 0 aliphatic carbocycles. The lowest BCUT2D eigenvalue weighted by Gasteiger charge is -1.99. The average Bonchev–Trinajstić information content (AvgIpc) is 2.15. The molecule has 0 spiro atoms. The van der Waals surface area contributed by atoms with Gasteiger partial charge in [0.2, 0.25) is 0 Å². The molecule has 0 bridgehead atoms. The number of rotatable bonds is 3. The lowest BCUT2D eigenvalue weighted by Crippen LogP contribution is -2.07. The minimum Gasteiger partial charge on any atom is -0.310 e. The molecule has 0 fully saturated rings. The molecule has 1 N–H and O–H groups in total. The molecule has 64 valence electrons. The largest absolute Gasteiger partial charge is 0.310 e. The predicted molar refractivity (Wildman–Crippen MR) is 52.3 cm³/mol. The van der Waals surface area contributed by atoms with Gasteiger partial charge in [-0.1, -0.05) is 30.3 Å². The third-order valence-corrected chi connectivity index (χ3v) is 1.60. The lowest BCUT2D eigenvalue weighted by atomic mass is 10.1. The molecular formula is C10H14N2. The van der Waals surface area contributed by atoms with Crippen molar-refractivity contribution in [1.29, 1.82) is 0 Å². The van der Waals surface area contributed by atoms with Crippen molar-refractivity contribution in [3.05, 3.63) is 35.9 Å². The maximum atomic E-state index is 4.18. The standard InChI is InChI=1S/C10H14N2/c1-3-11-12-9(2)10-7-5-4-6-8-10/h4-8,11H,3H2,1-2H3/b12-9+. The fourth-order valence-electron chi connectivity index (χ4n) is 0.942. The van der Waals surface area contributed by atoms with Gasteiger partial charge in [-0.2, -0.15) is 5.10 Å². The van der Waals surface area contributed by atoms with E-state index in [4.69, 9.17) is 0 Å². The zero-order valence-corrected chi connectivity index (χ0v) is 7.54. The van der Waals surface area contributed by atoms with E-state index >= 15 is 0 Å². The summed E-state index contributed by atoms with van der Waals surface area (Å²) in [6.45, 7) is 4.89. The molecule has 0 aromatic heterocycles. The summed E-state index contributed by atoms with van der Waals surface area (Å²) in [7, 11) is 0. The highest BCUT2D eigenvalue weighted by molar-refractivity contribution is 5.98.